The molecule has 0 amide bonds. The summed E-state index contributed by atoms with van der Waals surface area (Å²) in [5, 5.41) is 30.7. The van der Waals surface area contributed by atoms with Crippen LogP contribution in [0, 0.1) is 0 Å². The highest BCUT2D eigenvalue weighted by molar-refractivity contribution is 7.85. The van der Waals surface area contributed by atoms with Crippen molar-refractivity contribution in [2.24, 2.45) is 0 Å². The molecule has 13 heteroatoms. The molecule has 0 spiro atoms. The summed E-state index contributed by atoms with van der Waals surface area (Å²) < 4.78 is 53.7. The fraction of sp³-hybridized carbons (Fsp3) is 0.946. The first kappa shape index (κ1) is 46.7. The maximum atomic E-state index is 12.7. The minimum atomic E-state index is -4.59. The summed E-state index contributed by atoms with van der Waals surface area (Å²) in [7, 11) is -4.59. The first-order chi connectivity index (χ1) is 24.0. The molecule has 1 aliphatic heterocycles. The van der Waals surface area contributed by atoms with E-state index in [4.69, 9.17) is 18.9 Å². The molecule has 0 radical (unpaired) electrons. The zero-order chi connectivity index (χ0) is 37.0. The van der Waals surface area contributed by atoms with Crippen LogP contribution >= 0.6 is 0 Å². The SMILES string of the molecule is CCCCCCCCCCCCCCCCCC(=O)O[C@H](COC(=O)CCCCCCCCC)CO[C@H]1O[C@H](CS(=O)(=O)O)[C@@H](O)C(O)C1O. The van der Waals surface area contributed by atoms with Crippen molar-refractivity contribution < 1.29 is 56.8 Å². The van der Waals surface area contributed by atoms with Gasteiger partial charge in [0.05, 0.1) is 6.61 Å². The lowest BCUT2D eigenvalue weighted by molar-refractivity contribution is -0.297. The van der Waals surface area contributed by atoms with E-state index in [2.05, 4.69) is 13.8 Å². The molecule has 0 aromatic carbocycles. The Balaban J connectivity index is 2.47. The molecule has 12 nitrogen and oxygen atoms in total. The third kappa shape index (κ3) is 24.0. The van der Waals surface area contributed by atoms with E-state index in [0.29, 0.717) is 12.8 Å². The highest BCUT2D eigenvalue weighted by atomic mass is 32.2. The molecule has 296 valence electrons. The number of rotatable bonds is 32. The van der Waals surface area contributed by atoms with Crippen LogP contribution in [0.15, 0.2) is 0 Å². The predicted molar refractivity (Wildman–Crippen MR) is 192 cm³/mol. The van der Waals surface area contributed by atoms with E-state index in [1.807, 2.05) is 0 Å². The lowest BCUT2D eigenvalue weighted by Gasteiger charge is -2.40. The summed E-state index contributed by atoms with van der Waals surface area (Å²) in [6, 6.07) is 0. The molecule has 1 heterocycles. The number of carbonyl (C=O) groups excluding carboxylic acids is 2. The van der Waals surface area contributed by atoms with E-state index in [-0.39, 0.29) is 19.4 Å². The Hall–Kier alpha value is -1.35. The zero-order valence-electron chi connectivity index (χ0n) is 31.0. The fourth-order valence-corrected chi connectivity index (χ4v) is 6.78. The van der Waals surface area contributed by atoms with Gasteiger partial charge in [0.15, 0.2) is 12.4 Å². The monoisotopic (exact) mass is 738 g/mol. The molecule has 0 saturated carbocycles. The Bertz CT molecular complexity index is 962. The van der Waals surface area contributed by atoms with Gasteiger partial charge in [0.25, 0.3) is 10.1 Å². The molecule has 0 aliphatic carbocycles. The van der Waals surface area contributed by atoms with Crippen molar-refractivity contribution in [2.75, 3.05) is 19.0 Å². The number of unbranched alkanes of at least 4 members (excludes halogenated alkanes) is 20. The van der Waals surface area contributed by atoms with Gasteiger partial charge in [-0.1, -0.05) is 142 Å². The average Bonchev–Trinajstić information content (AvgIpc) is 3.07. The zero-order valence-corrected chi connectivity index (χ0v) is 31.8. The van der Waals surface area contributed by atoms with Gasteiger partial charge in [0, 0.05) is 12.8 Å². The summed E-state index contributed by atoms with van der Waals surface area (Å²) in [4.78, 5) is 25.1. The number of hydrogen-bond acceptors (Lipinski definition) is 11. The number of ether oxygens (including phenoxy) is 4. The molecule has 4 N–H and O–H groups in total. The second kappa shape index (κ2) is 29.1. The van der Waals surface area contributed by atoms with Gasteiger partial charge in [-0.05, 0) is 12.8 Å². The summed E-state index contributed by atoms with van der Waals surface area (Å²) in [5.74, 6) is -1.98. The van der Waals surface area contributed by atoms with Crippen LogP contribution in [0.4, 0.5) is 0 Å². The van der Waals surface area contributed by atoms with E-state index >= 15 is 0 Å². The van der Waals surface area contributed by atoms with E-state index in [9.17, 15) is 37.9 Å². The van der Waals surface area contributed by atoms with Crippen molar-refractivity contribution in [1.29, 1.82) is 0 Å². The molecule has 6 atom stereocenters. The van der Waals surface area contributed by atoms with Crippen molar-refractivity contribution in [3.63, 3.8) is 0 Å². The molecular weight excluding hydrogens is 668 g/mol. The van der Waals surface area contributed by atoms with Crippen LogP contribution in [0.25, 0.3) is 0 Å². The number of carbonyl (C=O) groups is 2. The minimum Gasteiger partial charge on any atom is -0.462 e. The largest absolute Gasteiger partial charge is 0.462 e. The third-order valence-electron chi connectivity index (χ3n) is 9.19. The maximum absolute atomic E-state index is 12.7. The Labute approximate surface area is 302 Å². The molecule has 0 aromatic rings. The van der Waals surface area contributed by atoms with Crippen LogP contribution in [0.5, 0.6) is 0 Å². The van der Waals surface area contributed by atoms with Crippen LogP contribution in [0.1, 0.15) is 168 Å². The van der Waals surface area contributed by atoms with E-state index in [1.54, 1.807) is 0 Å². The molecule has 1 saturated heterocycles. The van der Waals surface area contributed by atoms with Crippen molar-refractivity contribution in [3.8, 4) is 0 Å². The van der Waals surface area contributed by atoms with Crippen LogP contribution in [-0.2, 0) is 38.7 Å². The van der Waals surface area contributed by atoms with Gasteiger partial charge in [-0.25, -0.2) is 0 Å². The molecule has 0 bridgehead atoms. The molecule has 1 aliphatic rings. The normalized spacial score (nSPS) is 21.6. The van der Waals surface area contributed by atoms with Gasteiger partial charge in [-0.2, -0.15) is 8.42 Å². The average molecular weight is 739 g/mol. The number of esters is 2. The molecule has 50 heavy (non-hydrogen) atoms. The summed E-state index contributed by atoms with van der Waals surface area (Å²) in [5.41, 5.74) is 0. The Morgan fingerprint density at radius 1 is 0.600 bits per heavy atom. The maximum Gasteiger partial charge on any atom is 0.306 e. The smallest absolute Gasteiger partial charge is 0.306 e. The van der Waals surface area contributed by atoms with E-state index < -0.39 is 71.2 Å². The highest BCUT2D eigenvalue weighted by Crippen LogP contribution is 2.24. The third-order valence-corrected chi connectivity index (χ3v) is 9.94. The van der Waals surface area contributed by atoms with Gasteiger partial charge < -0.3 is 34.3 Å². The standard InChI is InChI=1S/C37H70O12S/c1-3-5-7-9-11-12-13-14-15-16-17-18-20-22-24-26-33(39)48-30(27-46-32(38)25-23-21-19-10-8-6-4-2)28-47-37-36(42)35(41)34(40)31(49-37)29-50(43,44)45/h30-31,34-37,40-42H,3-29H2,1-2H3,(H,43,44,45)/t30-,31-,34-,35?,36?,37+/m1/s1. The van der Waals surface area contributed by atoms with Crippen molar-refractivity contribution >= 4 is 22.1 Å². The van der Waals surface area contributed by atoms with E-state index in [1.165, 1.54) is 89.9 Å². The van der Waals surface area contributed by atoms with Crippen LogP contribution in [-0.4, -0.2) is 96.0 Å². The number of aliphatic hydroxyl groups excluding tert-OH is 3. The highest BCUT2D eigenvalue weighted by Gasteiger charge is 2.46. The van der Waals surface area contributed by atoms with Gasteiger partial charge in [-0.3, -0.25) is 14.1 Å². The molecule has 0 aromatic heterocycles. The summed E-state index contributed by atoms with van der Waals surface area (Å²) >= 11 is 0. The van der Waals surface area contributed by atoms with Crippen molar-refractivity contribution in [2.45, 2.75) is 205 Å². The fourth-order valence-electron chi connectivity index (χ4n) is 6.09. The topological polar surface area (TPSA) is 186 Å². The minimum absolute atomic E-state index is 0.171. The Kier molecular flexibility index (Phi) is 27.2. The predicted octanol–water partition coefficient (Wildman–Crippen LogP) is 6.56. The Morgan fingerprint density at radius 2 is 1.02 bits per heavy atom. The first-order valence-electron chi connectivity index (χ1n) is 19.6. The number of hydrogen-bond donors (Lipinski definition) is 4. The Morgan fingerprint density at radius 3 is 1.46 bits per heavy atom. The van der Waals surface area contributed by atoms with Crippen LogP contribution in [0.3, 0.4) is 0 Å². The summed E-state index contributed by atoms with van der Waals surface area (Å²) in [6.07, 6.45) is 16.1. The van der Waals surface area contributed by atoms with Gasteiger partial charge in [0.1, 0.15) is 36.8 Å². The van der Waals surface area contributed by atoms with Crippen LogP contribution < -0.4 is 0 Å². The summed E-state index contributed by atoms with van der Waals surface area (Å²) in [6.45, 7) is 3.69. The number of aliphatic hydroxyl groups is 3. The van der Waals surface area contributed by atoms with Gasteiger partial charge in [0.2, 0.25) is 0 Å². The van der Waals surface area contributed by atoms with Crippen molar-refractivity contribution in [3.05, 3.63) is 0 Å². The second-order valence-electron chi connectivity index (χ2n) is 14.0. The lowest BCUT2D eigenvalue weighted by Crippen LogP contribution is -2.60. The van der Waals surface area contributed by atoms with Gasteiger partial charge >= 0.3 is 11.9 Å². The second-order valence-corrected chi connectivity index (χ2v) is 15.5. The van der Waals surface area contributed by atoms with Crippen LogP contribution in [0.2, 0.25) is 0 Å². The van der Waals surface area contributed by atoms with Gasteiger partial charge in [-0.15, -0.1) is 0 Å². The quantitative estimate of drug-likeness (QED) is 0.0332. The van der Waals surface area contributed by atoms with Crippen molar-refractivity contribution in [1.82, 2.24) is 0 Å². The van der Waals surface area contributed by atoms with E-state index in [0.717, 1.165) is 38.5 Å². The molecule has 2 unspecified atom stereocenters. The lowest BCUT2D eigenvalue weighted by atomic mass is 10.00. The first-order valence-corrected chi connectivity index (χ1v) is 21.2. The molecular formula is C37H70O12S. The molecule has 1 fully saturated rings. The molecule has 1 rings (SSSR count).